The van der Waals surface area contributed by atoms with Crippen molar-refractivity contribution in [2.24, 2.45) is 5.92 Å². The van der Waals surface area contributed by atoms with Crippen LogP contribution in [0, 0.1) is 12.8 Å². The Bertz CT molecular complexity index is 1450. The van der Waals surface area contributed by atoms with Crippen LogP contribution in [0.5, 0.6) is 0 Å². The van der Waals surface area contributed by atoms with E-state index in [9.17, 15) is 23.7 Å². The third-order valence-corrected chi connectivity index (χ3v) is 8.82. The summed E-state index contributed by atoms with van der Waals surface area (Å²) in [5.74, 6) is -1.32. The van der Waals surface area contributed by atoms with Crippen LogP contribution in [0.2, 0.25) is 0 Å². The molecule has 0 bridgehead atoms. The minimum Gasteiger partial charge on any atom is -0.375 e. The number of phosphoric ester groups is 1. The van der Waals surface area contributed by atoms with Crippen LogP contribution in [-0.4, -0.2) is 71.2 Å². The molecule has 0 aliphatic carbocycles. The molecule has 0 saturated carbocycles. The number of carbonyl (C=O) groups excluding carboxylic acids is 2. The lowest BCUT2D eigenvalue weighted by atomic mass is 10.0. The first-order valence-electron chi connectivity index (χ1n) is 13.2. The van der Waals surface area contributed by atoms with E-state index in [1.165, 1.54) is 36.9 Å². The van der Waals surface area contributed by atoms with E-state index >= 15 is 0 Å². The molecule has 7 atom stereocenters. The van der Waals surface area contributed by atoms with Crippen molar-refractivity contribution in [3.63, 3.8) is 0 Å². The van der Waals surface area contributed by atoms with Crippen molar-refractivity contribution in [2.75, 3.05) is 20.3 Å². The highest BCUT2D eigenvalue weighted by Gasteiger charge is 2.45. The highest BCUT2D eigenvalue weighted by molar-refractivity contribution is 7.48. The molecular formula is C26H32N3O11P. The Morgan fingerprint density at radius 1 is 1.00 bits per heavy atom. The van der Waals surface area contributed by atoms with Gasteiger partial charge in [-0.05, 0) is 39.3 Å². The number of rotatable bonds is 10. The number of hydrogen-bond donors (Lipinski definition) is 1. The molecule has 2 aromatic rings. The molecular weight excluding hydrogens is 561 g/mol. The summed E-state index contributed by atoms with van der Waals surface area (Å²) in [5.41, 5.74) is -0.630. The van der Waals surface area contributed by atoms with Crippen LogP contribution >= 0.6 is 7.82 Å². The molecule has 1 aromatic heterocycles. The molecule has 2 saturated heterocycles. The maximum Gasteiger partial charge on any atom is 0.474 e. The predicted molar refractivity (Wildman–Crippen MR) is 141 cm³/mol. The Balaban J connectivity index is 1.33. The standard InChI is InChI=1S/C26H32N3O11P/c1-14-11-28(26(33)27-23(14)30)22-10-20(40-29-24(31)18-7-5-6-8-19(18)25(29)32)21(39-22)13-37-41(34,35-4)36-12-17-9-15(2)38-16(17)3/h5-8,11,15-17,20-22H,9-10,12-13H2,1-4H3,(H,27,30,33)/t15-,16?,17-,20+,21+,22+,41?/m0/s1. The van der Waals surface area contributed by atoms with E-state index in [0.717, 1.165) is 6.42 Å². The van der Waals surface area contributed by atoms with Gasteiger partial charge in [0.1, 0.15) is 18.4 Å². The number of nitrogens with zero attached hydrogens (tertiary/aromatic N) is 2. The first kappa shape index (κ1) is 29.5. The Labute approximate surface area is 235 Å². The van der Waals surface area contributed by atoms with Crippen LogP contribution in [0.4, 0.5) is 0 Å². The zero-order valence-corrected chi connectivity index (χ0v) is 23.9. The fraction of sp³-hybridized carbons (Fsp3) is 0.538. The maximum absolute atomic E-state index is 13.3. The Hall–Kier alpha value is -2.97. The molecule has 41 heavy (non-hydrogen) atoms. The number of phosphoric acid groups is 1. The molecule has 4 heterocycles. The van der Waals surface area contributed by atoms with Crippen LogP contribution in [-0.2, 0) is 32.4 Å². The number of aryl methyl sites for hydroxylation is 1. The van der Waals surface area contributed by atoms with Gasteiger partial charge in [0.2, 0.25) is 0 Å². The average Bonchev–Trinajstić information content (AvgIpc) is 3.58. The molecule has 14 nitrogen and oxygen atoms in total. The summed E-state index contributed by atoms with van der Waals surface area (Å²) in [7, 11) is -2.87. The summed E-state index contributed by atoms with van der Waals surface area (Å²) in [5, 5.41) is 0.643. The van der Waals surface area contributed by atoms with Crippen molar-refractivity contribution in [1.82, 2.24) is 14.6 Å². The number of imide groups is 1. The summed E-state index contributed by atoms with van der Waals surface area (Å²) in [6.45, 7) is 5.07. The van der Waals surface area contributed by atoms with Gasteiger partial charge in [0.15, 0.2) is 0 Å². The van der Waals surface area contributed by atoms with Gasteiger partial charge in [-0.2, -0.15) is 0 Å². The minimum atomic E-state index is -4.06. The van der Waals surface area contributed by atoms with Crippen LogP contribution in [0.1, 0.15) is 59.2 Å². The van der Waals surface area contributed by atoms with Crippen molar-refractivity contribution in [1.29, 1.82) is 0 Å². The number of aromatic amines is 1. The highest BCUT2D eigenvalue weighted by atomic mass is 31.2. The molecule has 3 aliphatic rings. The van der Waals surface area contributed by atoms with Crippen molar-refractivity contribution >= 4 is 19.6 Å². The summed E-state index contributed by atoms with van der Waals surface area (Å²) in [4.78, 5) is 58.4. The van der Waals surface area contributed by atoms with E-state index in [-0.39, 0.29) is 54.5 Å². The number of hydrogen-bond acceptors (Lipinski definition) is 11. The van der Waals surface area contributed by atoms with Gasteiger partial charge in [-0.15, -0.1) is 5.06 Å². The predicted octanol–water partition coefficient (Wildman–Crippen LogP) is 2.33. The second-order valence-corrected chi connectivity index (χ2v) is 12.1. The van der Waals surface area contributed by atoms with Gasteiger partial charge in [-0.25, -0.2) is 9.36 Å². The fourth-order valence-corrected chi connectivity index (χ4v) is 6.17. The topological polar surface area (TPSA) is 165 Å². The number of fused-ring (bicyclic) bond motifs is 1. The normalized spacial score (nSPS) is 29.2. The molecule has 3 aliphatic heterocycles. The number of nitrogens with one attached hydrogen (secondary N) is 1. The number of H-pyrrole nitrogens is 1. The van der Waals surface area contributed by atoms with E-state index < -0.39 is 49.3 Å². The van der Waals surface area contributed by atoms with Crippen molar-refractivity contribution < 1.29 is 42.0 Å². The molecule has 1 aromatic carbocycles. The van der Waals surface area contributed by atoms with Gasteiger partial charge >= 0.3 is 13.5 Å². The minimum absolute atomic E-state index is 0.00978. The quantitative estimate of drug-likeness (QED) is 0.318. The number of carbonyl (C=O) groups is 2. The molecule has 0 radical (unpaired) electrons. The van der Waals surface area contributed by atoms with Gasteiger partial charge in [0.25, 0.3) is 17.4 Å². The second-order valence-electron chi connectivity index (χ2n) is 10.3. The van der Waals surface area contributed by atoms with Crippen molar-refractivity contribution in [3.05, 3.63) is 68.0 Å². The van der Waals surface area contributed by atoms with Crippen molar-refractivity contribution in [2.45, 2.75) is 64.3 Å². The lowest BCUT2D eigenvalue weighted by Crippen LogP contribution is -2.39. The summed E-state index contributed by atoms with van der Waals surface area (Å²) in [6.07, 6.45) is -0.992. The lowest BCUT2D eigenvalue weighted by Gasteiger charge is -2.24. The molecule has 2 unspecified atom stereocenters. The van der Waals surface area contributed by atoms with Gasteiger partial charge in [-0.3, -0.25) is 42.3 Å². The van der Waals surface area contributed by atoms with Crippen LogP contribution < -0.4 is 11.2 Å². The first-order valence-corrected chi connectivity index (χ1v) is 14.7. The number of benzene rings is 1. The molecule has 0 spiro atoms. The second kappa shape index (κ2) is 11.7. The number of hydroxylamine groups is 2. The third-order valence-electron chi connectivity index (χ3n) is 7.45. The number of aromatic nitrogens is 2. The van der Waals surface area contributed by atoms with Crippen LogP contribution in [0.3, 0.4) is 0 Å². The molecule has 2 fully saturated rings. The van der Waals surface area contributed by atoms with Gasteiger partial charge in [-0.1, -0.05) is 12.1 Å². The molecule has 2 amide bonds. The number of amides is 2. The highest BCUT2D eigenvalue weighted by Crippen LogP contribution is 2.50. The molecule has 1 N–H and O–H groups in total. The van der Waals surface area contributed by atoms with Crippen LogP contribution in [0.25, 0.3) is 0 Å². The first-order chi connectivity index (χ1) is 19.5. The monoisotopic (exact) mass is 593 g/mol. The van der Waals surface area contributed by atoms with E-state index in [1.807, 2.05) is 13.8 Å². The third kappa shape index (κ3) is 6.00. The summed E-state index contributed by atoms with van der Waals surface area (Å²) in [6, 6.07) is 6.29. The summed E-state index contributed by atoms with van der Waals surface area (Å²) >= 11 is 0. The molecule has 5 rings (SSSR count). The Morgan fingerprint density at radius 3 is 2.27 bits per heavy atom. The van der Waals surface area contributed by atoms with Crippen molar-refractivity contribution in [3.8, 4) is 0 Å². The number of ether oxygens (including phenoxy) is 2. The maximum atomic E-state index is 13.3. The van der Waals surface area contributed by atoms with Gasteiger partial charge in [0, 0.05) is 31.2 Å². The SMILES string of the molecule is COP(=O)(OC[C@@H]1C[C@H](C)OC1C)OC[C@H]1O[C@@H](n2cc(C)c(=O)[nH]c2=O)C[C@H]1ON1C(=O)c2ccccc2C1=O. The Kier molecular flexibility index (Phi) is 8.44. The van der Waals surface area contributed by atoms with Gasteiger partial charge in [0.05, 0.1) is 36.5 Å². The lowest BCUT2D eigenvalue weighted by molar-refractivity contribution is -0.154. The molecule has 15 heteroatoms. The van der Waals surface area contributed by atoms with E-state index in [0.29, 0.717) is 5.06 Å². The largest absolute Gasteiger partial charge is 0.474 e. The Morgan fingerprint density at radius 2 is 1.66 bits per heavy atom. The van der Waals surface area contributed by atoms with E-state index in [1.54, 1.807) is 12.1 Å². The average molecular weight is 594 g/mol. The smallest absolute Gasteiger partial charge is 0.375 e. The van der Waals surface area contributed by atoms with Gasteiger partial charge < -0.3 is 9.47 Å². The fourth-order valence-electron chi connectivity index (χ4n) is 5.18. The zero-order valence-electron chi connectivity index (χ0n) is 23.0. The summed E-state index contributed by atoms with van der Waals surface area (Å²) < 4.78 is 42.4. The van der Waals surface area contributed by atoms with Crippen LogP contribution in [0.15, 0.2) is 40.1 Å². The molecule has 222 valence electrons. The zero-order chi connectivity index (χ0) is 29.5. The van der Waals surface area contributed by atoms with E-state index in [4.69, 9.17) is 27.9 Å². The van der Waals surface area contributed by atoms with E-state index in [2.05, 4.69) is 4.98 Å².